The van der Waals surface area contributed by atoms with Crippen LogP contribution in [0.4, 0.5) is 5.69 Å². The van der Waals surface area contributed by atoms with Gasteiger partial charge in [-0.05, 0) is 30.7 Å². The van der Waals surface area contributed by atoms with Crippen LogP contribution in [-0.2, 0) is 16.0 Å². The summed E-state index contributed by atoms with van der Waals surface area (Å²) in [7, 11) is 1.23. The molecule has 0 atom stereocenters. The molecule has 1 amide bonds. The molecule has 2 aromatic rings. The van der Waals surface area contributed by atoms with E-state index in [1.54, 1.807) is 13.0 Å². The minimum atomic E-state index is -0.632. The second kappa shape index (κ2) is 7.85. The van der Waals surface area contributed by atoms with Gasteiger partial charge >= 0.3 is 5.97 Å². The highest BCUT2D eigenvalue weighted by molar-refractivity contribution is 6.31. The standard InChI is InChI=1S/C18H16ClN3O4/c1-9-16(18(25)26-3)14(22-17(9)10(2)23)7-15(24)21-12-4-5-13(19)11(6-12)8-20/h4-6,22H,7H2,1-3H3,(H,21,24). The van der Waals surface area contributed by atoms with Crippen molar-refractivity contribution in [2.45, 2.75) is 20.3 Å². The molecule has 0 saturated heterocycles. The van der Waals surface area contributed by atoms with E-state index in [1.165, 1.54) is 26.2 Å². The van der Waals surface area contributed by atoms with Crippen molar-refractivity contribution < 1.29 is 19.1 Å². The summed E-state index contributed by atoms with van der Waals surface area (Å²) in [5.41, 5.74) is 1.77. The molecule has 0 fully saturated rings. The van der Waals surface area contributed by atoms with Crippen LogP contribution >= 0.6 is 11.6 Å². The van der Waals surface area contributed by atoms with Gasteiger partial charge in [-0.25, -0.2) is 4.79 Å². The number of aromatic nitrogens is 1. The quantitative estimate of drug-likeness (QED) is 0.618. The lowest BCUT2D eigenvalue weighted by Crippen LogP contribution is -2.17. The smallest absolute Gasteiger partial charge is 0.339 e. The normalized spacial score (nSPS) is 10.1. The SMILES string of the molecule is COC(=O)c1c(CC(=O)Nc2ccc(Cl)c(C#N)c2)[nH]c(C(C)=O)c1C. The lowest BCUT2D eigenvalue weighted by molar-refractivity contribution is -0.115. The number of nitrogens with zero attached hydrogens (tertiary/aromatic N) is 1. The number of anilines is 1. The Labute approximate surface area is 154 Å². The highest BCUT2D eigenvalue weighted by Crippen LogP contribution is 2.22. The maximum atomic E-state index is 12.3. The zero-order valence-corrected chi connectivity index (χ0v) is 15.2. The molecule has 0 radical (unpaired) electrons. The number of H-pyrrole nitrogens is 1. The lowest BCUT2D eigenvalue weighted by Gasteiger charge is -2.07. The number of hydrogen-bond donors (Lipinski definition) is 2. The molecule has 2 rings (SSSR count). The molecule has 0 bridgehead atoms. The number of nitrogens with one attached hydrogen (secondary N) is 2. The second-order valence-corrected chi connectivity index (χ2v) is 5.96. The highest BCUT2D eigenvalue weighted by atomic mass is 35.5. The van der Waals surface area contributed by atoms with Crippen LogP contribution < -0.4 is 5.32 Å². The van der Waals surface area contributed by atoms with E-state index in [-0.39, 0.29) is 39.7 Å². The van der Waals surface area contributed by atoms with Gasteiger partial charge in [0, 0.05) is 18.3 Å². The van der Waals surface area contributed by atoms with Crippen molar-refractivity contribution >= 4 is 34.9 Å². The van der Waals surface area contributed by atoms with Crippen molar-refractivity contribution in [3.05, 3.63) is 51.3 Å². The maximum Gasteiger partial charge on any atom is 0.339 e. The summed E-state index contributed by atoms with van der Waals surface area (Å²) >= 11 is 5.86. The van der Waals surface area contributed by atoms with E-state index in [4.69, 9.17) is 21.6 Å². The van der Waals surface area contributed by atoms with Crippen LogP contribution in [0.2, 0.25) is 5.02 Å². The summed E-state index contributed by atoms with van der Waals surface area (Å²) in [4.78, 5) is 38.9. The number of ketones is 1. The monoisotopic (exact) mass is 373 g/mol. The third-order valence-electron chi connectivity index (χ3n) is 3.78. The Bertz CT molecular complexity index is 941. The molecule has 8 heteroatoms. The number of Topliss-reactive ketones (excluding diaryl/α,β-unsaturated/α-hetero) is 1. The minimum Gasteiger partial charge on any atom is -0.465 e. The third-order valence-corrected chi connectivity index (χ3v) is 4.11. The minimum absolute atomic E-state index is 0.168. The molecule has 1 heterocycles. The van der Waals surface area contributed by atoms with Crippen molar-refractivity contribution in [1.82, 2.24) is 4.98 Å². The van der Waals surface area contributed by atoms with Gasteiger partial charge in [0.25, 0.3) is 0 Å². The largest absolute Gasteiger partial charge is 0.465 e. The first kappa shape index (κ1) is 19.2. The number of esters is 1. The number of ether oxygens (including phenoxy) is 1. The van der Waals surface area contributed by atoms with Crippen LogP contribution in [-0.4, -0.2) is 29.8 Å². The number of hydrogen-bond acceptors (Lipinski definition) is 5. The molecule has 0 aliphatic heterocycles. The number of benzene rings is 1. The Balaban J connectivity index is 2.29. The molecule has 0 saturated carbocycles. The van der Waals surface area contributed by atoms with Crippen LogP contribution in [0.15, 0.2) is 18.2 Å². The molecule has 0 spiro atoms. The fourth-order valence-corrected chi connectivity index (χ4v) is 2.74. The van der Waals surface area contributed by atoms with E-state index < -0.39 is 11.9 Å². The van der Waals surface area contributed by atoms with Crippen LogP contribution in [0.1, 0.15) is 44.6 Å². The molecule has 0 aliphatic carbocycles. The molecule has 7 nitrogen and oxygen atoms in total. The van der Waals surface area contributed by atoms with Crippen molar-refractivity contribution in [2.75, 3.05) is 12.4 Å². The summed E-state index contributed by atoms with van der Waals surface area (Å²) in [6, 6.07) is 6.43. The number of methoxy groups -OCH3 is 1. The molecular formula is C18H16ClN3O4. The summed E-state index contributed by atoms with van der Waals surface area (Å²) in [5, 5.41) is 11.9. The zero-order valence-electron chi connectivity index (χ0n) is 14.4. The summed E-state index contributed by atoms with van der Waals surface area (Å²) < 4.78 is 4.74. The van der Waals surface area contributed by atoms with E-state index in [0.717, 1.165) is 0 Å². The Morgan fingerprint density at radius 2 is 2.04 bits per heavy atom. The van der Waals surface area contributed by atoms with Crippen molar-refractivity contribution in [3.8, 4) is 6.07 Å². The number of halogens is 1. The molecule has 1 aromatic carbocycles. The van der Waals surface area contributed by atoms with Crippen molar-refractivity contribution in [2.24, 2.45) is 0 Å². The average Bonchev–Trinajstić information content (AvgIpc) is 2.92. The van der Waals surface area contributed by atoms with E-state index in [0.29, 0.717) is 11.3 Å². The van der Waals surface area contributed by atoms with Crippen molar-refractivity contribution in [1.29, 1.82) is 5.26 Å². The van der Waals surface area contributed by atoms with Gasteiger partial charge in [-0.2, -0.15) is 5.26 Å². The van der Waals surface area contributed by atoms with Gasteiger partial charge in [0.1, 0.15) is 6.07 Å². The van der Waals surface area contributed by atoms with Gasteiger partial charge in [-0.3, -0.25) is 9.59 Å². The van der Waals surface area contributed by atoms with Crippen LogP contribution in [0.5, 0.6) is 0 Å². The second-order valence-electron chi connectivity index (χ2n) is 5.56. The molecule has 1 aromatic heterocycles. The number of aromatic amines is 1. The maximum absolute atomic E-state index is 12.3. The topological polar surface area (TPSA) is 112 Å². The summed E-state index contributed by atoms with van der Waals surface area (Å²) in [6.45, 7) is 2.97. The summed E-state index contributed by atoms with van der Waals surface area (Å²) in [5.74, 6) is -1.32. The highest BCUT2D eigenvalue weighted by Gasteiger charge is 2.24. The Hall–Kier alpha value is -3.11. The number of rotatable bonds is 5. The van der Waals surface area contributed by atoms with Gasteiger partial charge in [-0.15, -0.1) is 0 Å². The number of amides is 1. The van der Waals surface area contributed by atoms with Gasteiger partial charge < -0.3 is 15.0 Å². The lowest BCUT2D eigenvalue weighted by atomic mass is 10.1. The van der Waals surface area contributed by atoms with E-state index >= 15 is 0 Å². The fraction of sp³-hybridized carbons (Fsp3) is 0.222. The Morgan fingerprint density at radius 1 is 1.35 bits per heavy atom. The predicted molar refractivity (Wildman–Crippen MR) is 95.4 cm³/mol. The van der Waals surface area contributed by atoms with Crippen molar-refractivity contribution in [3.63, 3.8) is 0 Å². The van der Waals surface area contributed by atoms with Gasteiger partial charge in [-0.1, -0.05) is 11.6 Å². The molecule has 134 valence electrons. The van der Waals surface area contributed by atoms with Gasteiger partial charge in [0.05, 0.1) is 35.4 Å². The molecular weight excluding hydrogens is 358 g/mol. The number of carbonyl (C=O) groups is 3. The van der Waals surface area contributed by atoms with Crippen LogP contribution in [0.25, 0.3) is 0 Å². The first-order chi connectivity index (χ1) is 12.3. The zero-order chi connectivity index (χ0) is 19.4. The summed E-state index contributed by atoms with van der Waals surface area (Å²) in [6.07, 6.45) is -0.178. The van der Waals surface area contributed by atoms with E-state index in [2.05, 4.69) is 10.3 Å². The van der Waals surface area contributed by atoms with E-state index in [1.807, 2.05) is 6.07 Å². The van der Waals surface area contributed by atoms with Crippen LogP contribution in [0.3, 0.4) is 0 Å². The molecule has 26 heavy (non-hydrogen) atoms. The fourth-order valence-electron chi connectivity index (χ4n) is 2.58. The number of nitriles is 1. The third kappa shape index (κ3) is 3.92. The predicted octanol–water partition coefficient (Wildman–Crippen LogP) is 3.02. The van der Waals surface area contributed by atoms with Gasteiger partial charge in [0.2, 0.25) is 5.91 Å². The average molecular weight is 374 g/mol. The van der Waals surface area contributed by atoms with Gasteiger partial charge in [0.15, 0.2) is 5.78 Å². The van der Waals surface area contributed by atoms with Crippen LogP contribution in [0, 0.1) is 18.3 Å². The Morgan fingerprint density at radius 3 is 2.62 bits per heavy atom. The Kier molecular flexibility index (Phi) is 5.80. The molecule has 2 N–H and O–H groups in total. The molecule has 0 aliphatic rings. The van der Waals surface area contributed by atoms with E-state index in [9.17, 15) is 14.4 Å². The first-order valence-corrected chi connectivity index (χ1v) is 7.96. The molecule has 0 unspecified atom stereocenters. The first-order valence-electron chi connectivity index (χ1n) is 7.58. The number of carbonyl (C=O) groups excluding carboxylic acids is 3.